The molecule has 0 spiro atoms. The molecule has 31 heavy (non-hydrogen) atoms. The minimum Gasteiger partial charge on any atom is -0.465 e. The van der Waals surface area contributed by atoms with Crippen molar-refractivity contribution in [2.75, 3.05) is 24.4 Å². The Morgan fingerprint density at radius 1 is 0.903 bits per heavy atom. The van der Waals surface area contributed by atoms with Crippen LogP contribution < -0.4 is 10.6 Å². The lowest BCUT2D eigenvalue weighted by Crippen LogP contribution is -2.21. The smallest absolute Gasteiger partial charge is 0.337 e. The van der Waals surface area contributed by atoms with E-state index in [9.17, 15) is 19.2 Å². The van der Waals surface area contributed by atoms with Gasteiger partial charge in [0.15, 0.2) is 6.61 Å². The first-order valence-electron chi connectivity index (χ1n) is 9.48. The Hall–Kier alpha value is -3.39. The van der Waals surface area contributed by atoms with Crippen molar-refractivity contribution in [3.05, 3.63) is 58.6 Å². The van der Waals surface area contributed by atoms with Gasteiger partial charge >= 0.3 is 11.9 Å². The van der Waals surface area contributed by atoms with Crippen LogP contribution in [0.15, 0.2) is 42.5 Å². The van der Waals surface area contributed by atoms with Gasteiger partial charge in [0.2, 0.25) is 5.91 Å². The average molecular weight is 447 g/mol. The van der Waals surface area contributed by atoms with Crippen LogP contribution in [0.3, 0.4) is 0 Å². The molecule has 2 amide bonds. The van der Waals surface area contributed by atoms with Gasteiger partial charge in [-0.15, -0.1) is 0 Å². The number of nitrogens with one attached hydrogen (secondary N) is 2. The molecule has 8 nitrogen and oxygen atoms in total. The van der Waals surface area contributed by atoms with Gasteiger partial charge in [0.25, 0.3) is 5.91 Å². The minimum absolute atomic E-state index is 0.00316. The van der Waals surface area contributed by atoms with Crippen LogP contribution in [-0.2, 0) is 23.9 Å². The lowest BCUT2D eigenvalue weighted by atomic mass is 10.2. The summed E-state index contributed by atoms with van der Waals surface area (Å²) < 4.78 is 9.50. The van der Waals surface area contributed by atoms with Crippen LogP contribution in [0, 0.1) is 6.92 Å². The maximum atomic E-state index is 11.9. The van der Waals surface area contributed by atoms with Gasteiger partial charge in [-0.25, -0.2) is 4.79 Å². The number of carbonyl (C=O) groups excluding carboxylic acids is 4. The highest BCUT2D eigenvalue weighted by Gasteiger charge is 2.11. The molecule has 0 radical (unpaired) electrons. The van der Waals surface area contributed by atoms with Crippen LogP contribution in [0.4, 0.5) is 11.4 Å². The van der Waals surface area contributed by atoms with Crippen LogP contribution in [0.25, 0.3) is 0 Å². The lowest BCUT2D eigenvalue weighted by molar-refractivity contribution is -0.147. The fourth-order valence-corrected chi connectivity index (χ4v) is 2.69. The second kappa shape index (κ2) is 11.7. The second-order valence-electron chi connectivity index (χ2n) is 6.64. The number of hydrogen-bond acceptors (Lipinski definition) is 6. The third-order valence-electron chi connectivity index (χ3n) is 4.19. The van der Waals surface area contributed by atoms with Gasteiger partial charge in [-0.05, 0) is 55.3 Å². The third-order valence-corrected chi connectivity index (χ3v) is 4.60. The maximum absolute atomic E-state index is 11.9. The van der Waals surface area contributed by atoms with Crippen molar-refractivity contribution in [2.45, 2.75) is 26.2 Å². The zero-order chi connectivity index (χ0) is 22.8. The molecule has 0 aromatic heterocycles. The zero-order valence-electron chi connectivity index (χ0n) is 17.2. The first-order valence-corrected chi connectivity index (χ1v) is 9.86. The van der Waals surface area contributed by atoms with Crippen molar-refractivity contribution in [1.82, 2.24) is 0 Å². The van der Waals surface area contributed by atoms with E-state index in [1.165, 1.54) is 31.4 Å². The first-order chi connectivity index (χ1) is 14.8. The Morgan fingerprint density at radius 3 is 2.19 bits per heavy atom. The molecule has 0 saturated heterocycles. The standard InChI is InChI=1S/C22H23ClN2O6/c1-14-6-9-17(12-18(14)23)25-19(26)4-3-5-21(28)31-13-20(27)24-16-10-7-15(8-11-16)22(29)30-2/h6-12H,3-5,13H2,1-2H3,(H,24,27)(H,25,26). The van der Waals surface area contributed by atoms with Gasteiger partial charge in [0, 0.05) is 29.2 Å². The lowest BCUT2D eigenvalue weighted by Gasteiger charge is -2.08. The number of halogens is 1. The quantitative estimate of drug-likeness (QED) is 0.568. The van der Waals surface area contributed by atoms with E-state index < -0.39 is 24.5 Å². The van der Waals surface area contributed by atoms with E-state index in [4.69, 9.17) is 16.3 Å². The molecule has 0 aliphatic heterocycles. The Morgan fingerprint density at radius 2 is 1.55 bits per heavy atom. The normalized spacial score (nSPS) is 10.2. The summed E-state index contributed by atoms with van der Waals surface area (Å²) in [6.45, 7) is 1.41. The Labute approximate surface area is 184 Å². The number of aryl methyl sites for hydroxylation is 1. The van der Waals surface area contributed by atoms with Gasteiger partial charge < -0.3 is 20.1 Å². The van der Waals surface area contributed by atoms with Crippen LogP contribution in [-0.4, -0.2) is 37.5 Å². The van der Waals surface area contributed by atoms with Crippen LogP contribution >= 0.6 is 11.6 Å². The molecule has 2 rings (SSSR count). The predicted octanol–water partition coefficient (Wildman–Crippen LogP) is 3.73. The maximum Gasteiger partial charge on any atom is 0.337 e. The van der Waals surface area contributed by atoms with Gasteiger partial charge in [-0.3, -0.25) is 14.4 Å². The van der Waals surface area contributed by atoms with Crippen molar-refractivity contribution >= 4 is 46.7 Å². The summed E-state index contributed by atoms with van der Waals surface area (Å²) in [5.74, 6) is -1.83. The number of ether oxygens (including phenoxy) is 2. The molecule has 9 heteroatoms. The molecule has 0 atom stereocenters. The Bertz CT molecular complexity index is 959. The second-order valence-corrected chi connectivity index (χ2v) is 7.05. The van der Waals surface area contributed by atoms with Crippen molar-refractivity contribution in [1.29, 1.82) is 0 Å². The number of esters is 2. The van der Waals surface area contributed by atoms with E-state index in [-0.39, 0.29) is 25.2 Å². The molecule has 0 aliphatic rings. The Balaban J connectivity index is 1.65. The highest BCUT2D eigenvalue weighted by atomic mass is 35.5. The number of anilines is 2. The van der Waals surface area contributed by atoms with E-state index in [0.717, 1.165) is 5.56 Å². The monoisotopic (exact) mass is 446 g/mol. The highest BCUT2D eigenvalue weighted by Crippen LogP contribution is 2.20. The Kier molecular flexibility index (Phi) is 9.02. The van der Waals surface area contributed by atoms with Gasteiger partial charge in [0.1, 0.15) is 0 Å². The molecule has 0 fully saturated rings. The van der Waals surface area contributed by atoms with Crippen molar-refractivity contribution < 1.29 is 28.7 Å². The van der Waals surface area contributed by atoms with Crippen molar-refractivity contribution in [3.63, 3.8) is 0 Å². The summed E-state index contributed by atoms with van der Waals surface area (Å²) >= 11 is 6.02. The summed E-state index contributed by atoms with van der Waals surface area (Å²) in [4.78, 5) is 47.0. The van der Waals surface area contributed by atoms with E-state index in [2.05, 4.69) is 15.4 Å². The summed E-state index contributed by atoms with van der Waals surface area (Å²) in [6.07, 6.45) is 0.406. The average Bonchev–Trinajstić information content (AvgIpc) is 2.75. The third kappa shape index (κ3) is 8.10. The molecule has 0 saturated carbocycles. The van der Waals surface area contributed by atoms with Crippen LogP contribution in [0.5, 0.6) is 0 Å². The first kappa shape index (κ1) is 23.9. The molecule has 0 heterocycles. The minimum atomic E-state index is -0.581. The van der Waals surface area contributed by atoms with E-state index in [1.54, 1.807) is 18.2 Å². The molecule has 2 aromatic carbocycles. The number of rotatable bonds is 9. The zero-order valence-corrected chi connectivity index (χ0v) is 18.0. The SMILES string of the molecule is COC(=O)c1ccc(NC(=O)COC(=O)CCCC(=O)Nc2ccc(C)c(Cl)c2)cc1. The molecule has 164 valence electrons. The molecule has 0 unspecified atom stereocenters. The molecular weight excluding hydrogens is 424 g/mol. The number of amides is 2. The fourth-order valence-electron chi connectivity index (χ4n) is 2.51. The van der Waals surface area contributed by atoms with E-state index >= 15 is 0 Å². The highest BCUT2D eigenvalue weighted by molar-refractivity contribution is 6.31. The number of methoxy groups -OCH3 is 1. The van der Waals surface area contributed by atoms with Gasteiger partial charge in [-0.1, -0.05) is 17.7 Å². The van der Waals surface area contributed by atoms with Gasteiger partial charge in [0.05, 0.1) is 12.7 Å². The van der Waals surface area contributed by atoms with Crippen LogP contribution in [0.2, 0.25) is 5.02 Å². The molecule has 0 aliphatic carbocycles. The molecule has 2 aromatic rings. The summed E-state index contributed by atoms with van der Waals surface area (Å²) in [7, 11) is 1.28. The molecule has 2 N–H and O–H groups in total. The van der Waals surface area contributed by atoms with E-state index in [1.807, 2.05) is 6.92 Å². The number of hydrogen-bond donors (Lipinski definition) is 2. The number of carbonyl (C=O) groups is 4. The van der Waals surface area contributed by atoms with Gasteiger partial charge in [-0.2, -0.15) is 0 Å². The summed E-state index contributed by atoms with van der Waals surface area (Å²) in [6, 6.07) is 11.3. The summed E-state index contributed by atoms with van der Waals surface area (Å²) in [5.41, 5.74) is 2.28. The number of benzene rings is 2. The summed E-state index contributed by atoms with van der Waals surface area (Å²) in [5, 5.41) is 5.81. The predicted molar refractivity (Wildman–Crippen MR) is 116 cm³/mol. The largest absolute Gasteiger partial charge is 0.465 e. The fraction of sp³-hybridized carbons (Fsp3) is 0.273. The topological polar surface area (TPSA) is 111 Å². The van der Waals surface area contributed by atoms with Crippen molar-refractivity contribution in [2.24, 2.45) is 0 Å². The van der Waals surface area contributed by atoms with Crippen molar-refractivity contribution in [3.8, 4) is 0 Å². The molecule has 0 bridgehead atoms. The molecular formula is C22H23ClN2O6. The van der Waals surface area contributed by atoms with Crippen LogP contribution in [0.1, 0.15) is 35.2 Å². The van der Waals surface area contributed by atoms with E-state index in [0.29, 0.717) is 22.0 Å².